The first-order valence-corrected chi connectivity index (χ1v) is 6.44. The highest BCUT2D eigenvalue weighted by Crippen LogP contribution is 2.21. The second-order valence-corrected chi connectivity index (χ2v) is 4.88. The minimum Gasteiger partial charge on any atom is -0.494 e. The molecular formula is C14H19FN2O4. The van der Waals surface area contributed by atoms with Crippen molar-refractivity contribution in [2.45, 2.75) is 20.3 Å². The fourth-order valence-corrected chi connectivity index (χ4v) is 1.55. The van der Waals surface area contributed by atoms with Crippen LogP contribution in [0.4, 0.5) is 14.9 Å². The molecule has 0 saturated carbocycles. The summed E-state index contributed by atoms with van der Waals surface area (Å²) in [6.45, 7) is 3.25. The third kappa shape index (κ3) is 4.34. The van der Waals surface area contributed by atoms with Crippen molar-refractivity contribution in [2.75, 3.05) is 19.0 Å². The zero-order chi connectivity index (χ0) is 16.0. The van der Waals surface area contributed by atoms with Crippen molar-refractivity contribution in [2.24, 2.45) is 5.41 Å². The average molecular weight is 298 g/mol. The Kier molecular flexibility index (Phi) is 5.52. The van der Waals surface area contributed by atoms with E-state index in [0.29, 0.717) is 6.42 Å². The maximum Gasteiger partial charge on any atom is 0.319 e. The molecule has 1 rings (SSSR count). The fourth-order valence-electron chi connectivity index (χ4n) is 1.55. The number of aliphatic carboxylic acids is 1. The van der Waals surface area contributed by atoms with Gasteiger partial charge in [0.15, 0.2) is 11.6 Å². The summed E-state index contributed by atoms with van der Waals surface area (Å²) in [5, 5.41) is 14.0. The number of anilines is 1. The summed E-state index contributed by atoms with van der Waals surface area (Å²) in [5.74, 6) is -1.51. The Hall–Kier alpha value is -2.31. The normalized spacial score (nSPS) is 13.1. The summed E-state index contributed by atoms with van der Waals surface area (Å²) in [7, 11) is 1.34. The molecule has 2 amide bonds. The number of carboxylic acid groups (broad SMARTS) is 1. The fraction of sp³-hybridized carbons (Fsp3) is 0.429. The Morgan fingerprint density at radius 1 is 1.43 bits per heavy atom. The van der Waals surface area contributed by atoms with Crippen LogP contribution in [0.25, 0.3) is 0 Å². The molecule has 1 atom stereocenters. The first kappa shape index (κ1) is 16.7. The predicted octanol–water partition coefficient (Wildman–Crippen LogP) is 2.46. The highest BCUT2D eigenvalue weighted by molar-refractivity contribution is 5.89. The third-order valence-corrected chi connectivity index (χ3v) is 3.35. The van der Waals surface area contributed by atoms with Crippen LogP contribution >= 0.6 is 0 Å². The van der Waals surface area contributed by atoms with E-state index in [1.807, 2.05) is 0 Å². The van der Waals surface area contributed by atoms with E-state index in [4.69, 9.17) is 9.84 Å². The maximum absolute atomic E-state index is 13.5. The Balaban J connectivity index is 2.62. The lowest BCUT2D eigenvalue weighted by Gasteiger charge is -2.23. The summed E-state index contributed by atoms with van der Waals surface area (Å²) < 4.78 is 18.2. The molecule has 1 aromatic rings. The smallest absolute Gasteiger partial charge is 0.319 e. The lowest BCUT2D eigenvalue weighted by atomic mass is 9.88. The quantitative estimate of drug-likeness (QED) is 0.753. The molecule has 1 aromatic carbocycles. The van der Waals surface area contributed by atoms with Crippen LogP contribution < -0.4 is 15.4 Å². The Labute approximate surface area is 122 Å². The van der Waals surface area contributed by atoms with Gasteiger partial charge in [-0.15, -0.1) is 0 Å². The summed E-state index contributed by atoms with van der Waals surface area (Å²) >= 11 is 0. The number of hydrogen-bond acceptors (Lipinski definition) is 3. The Morgan fingerprint density at radius 3 is 2.57 bits per heavy atom. The number of methoxy groups -OCH3 is 1. The van der Waals surface area contributed by atoms with E-state index >= 15 is 0 Å². The summed E-state index contributed by atoms with van der Waals surface area (Å²) in [5.41, 5.74) is -0.790. The van der Waals surface area contributed by atoms with Crippen LogP contribution in [0, 0.1) is 11.2 Å². The summed E-state index contributed by atoms with van der Waals surface area (Å²) in [4.78, 5) is 22.8. The van der Waals surface area contributed by atoms with Gasteiger partial charge in [-0.1, -0.05) is 6.92 Å². The number of amides is 2. The molecule has 3 N–H and O–H groups in total. The van der Waals surface area contributed by atoms with E-state index in [1.165, 1.54) is 19.2 Å². The second kappa shape index (κ2) is 6.92. The molecule has 21 heavy (non-hydrogen) atoms. The number of nitrogens with one attached hydrogen (secondary N) is 2. The minimum absolute atomic E-state index is 0.0245. The van der Waals surface area contributed by atoms with Crippen LogP contribution in [-0.4, -0.2) is 30.8 Å². The standard InChI is InChI=1S/C14H19FN2O4/c1-4-14(2,12(18)19)8-16-13(20)17-9-5-6-11(21-3)10(15)7-9/h5-7H,4,8H2,1-3H3,(H,18,19)(H2,16,17,20). The van der Waals surface area contributed by atoms with Gasteiger partial charge < -0.3 is 20.5 Å². The molecule has 0 spiro atoms. The van der Waals surface area contributed by atoms with Crippen molar-refractivity contribution < 1.29 is 23.8 Å². The number of hydrogen-bond donors (Lipinski definition) is 3. The van der Waals surface area contributed by atoms with Crippen molar-refractivity contribution in [1.29, 1.82) is 0 Å². The minimum atomic E-state index is -1.04. The number of carbonyl (C=O) groups excluding carboxylic acids is 1. The summed E-state index contributed by atoms with van der Waals surface area (Å²) in [6, 6.07) is 3.39. The molecule has 0 heterocycles. The van der Waals surface area contributed by atoms with Gasteiger partial charge >= 0.3 is 12.0 Å². The number of halogens is 1. The highest BCUT2D eigenvalue weighted by atomic mass is 19.1. The van der Waals surface area contributed by atoms with Gasteiger partial charge in [0.25, 0.3) is 0 Å². The third-order valence-electron chi connectivity index (χ3n) is 3.35. The van der Waals surface area contributed by atoms with Gasteiger partial charge in [-0.2, -0.15) is 0 Å². The van der Waals surface area contributed by atoms with Crippen molar-refractivity contribution in [1.82, 2.24) is 5.32 Å². The number of urea groups is 1. The van der Waals surface area contributed by atoms with Crippen LogP contribution in [-0.2, 0) is 4.79 Å². The average Bonchev–Trinajstić information content (AvgIpc) is 2.44. The lowest BCUT2D eigenvalue weighted by Crippen LogP contribution is -2.42. The molecule has 0 aliphatic rings. The van der Waals surface area contributed by atoms with Gasteiger partial charge in [0, 0.05) is 18.3 Å². The first-order valence-electron chi connectivity index (χ1n) is 6.44. The van der Waals surface area contributed by atoms with Crippen LogP contribution in [0.2, 0.25) is 0 Å². The second-order valence-electron chi connectivity index (χ2n) is 4.88. The molecule has 6 nitrogen and oxygen atoms in total. The Bertz CT molecular complexity index is 536. The molecule has 0 saturated heterocycles. The number of carbonyl (C=O) groups is 2. The molecule has 1 unspecified atom stereocenters. The van der Waals surface area contributed by atoms with Crippen molar-refractivity contribution >= 4 is 17.7 Å². The van der Waals surface area contributed by atoms with Gasteiger partial charge in [-0.05, 0) is 25.5 Å². The van der Waals surface area contributed by atoms with Gasteiger partial charge in [0.1, 0.15) is 0 Å². The predicted molar refractivity (Wildman–Crippen MR) is 76.0 cm³/mol. The Morgan fingerprint density at radius 2 is 2.10 bits per heavy atom. The maximum atomic E-state index is 13.5. The van der Waals surface area contributed by atoms with Crippen LogP contribution in [0.5, 0.6) is 5.75 Å². The monoisotopic (exact) mass is 298 g/mol. The van der Waals surface area contributed by atoms with E-state index in [1.54, 1.807) is 13.8 Å². The zero-order valence-corrected chi connectivity index (χ0v) is 12.2. The highest BCUT2D eigenvalue weighted by Gasteiger charge is 2.31. The molecule has 0 aromatic heterocycles. The van der Waals surface area contributed by atoms with E-state index < -0.39 is 23.2 Å². The molecule has 7 heteroatoms. The molecule has 0 radical (unpaired) electrons. The number of ether oxygens (including phenoxy) is 1. The van der Waals surface area contributed by atoms with Crippen molar-refractivity contribution in [3.05, 3.63) is 24.0 Å². The van der Waals surface area contributed by atoms with E-state index in [-0.39, 0.29) is 18.0 Å². The van der Waals surface area contributed by atoms with E-state index in [0.717, 1.165) is 6.07 Å². The number of carboxylic acids is 1. The van der Waals surface area contributed by atoms with Crippen molar-refractivity contribution in [3.63, 3.8) is 0 Å². The molecule has 116 valence electrons. The van der Waals surface area contributed by atoms with Gasteiger partial charge in [-0.25, -0.2) is 9.18 Å². The van der Waals surface area contributed by atoms with Gasteiger partial charge in [0.05, 0.1) is 12.5 Å². The number of rotatable bonds is 6. The van der Waals surface area contributed by atoms with E-state index in [9.17, 15) is 14.0 Å². The summed E-state index contributed by atoms with van der Waals surface area (Å²) in [6.07, 6.45) is 0.375. The van der Waals surface area contributed by atoms with Crippen LogP contribution in [0.3, 0.4) is 0 Å². The van der Waals surface area contributed by atoms with Crippen LogP contribution in [0.15, 0.2) is 18.2 Å². The number of benzene rings is 1. The SMILES string of the molecule is CCC(C)(CNC(=O)Nc1ccc(OC)c(F)c1)C(=O)O. The molecule has 0 aliphatic heterocycles. The van der Waals surface area contributed by atoms with Crippen molar-refractivity contribution in [3.8, 4) is 5.75 Å². The topological polar surface area (TPSA) is 87.7 Å². The first-order chi connectivity index (χ1) is 9.82. The molecule has 0 bridgehead atoms. The molecule has 0 aliphatic carbocycles. The van der Waals surface area contributed by atoms with E-state index in [2.05, 4.69) is 10.6 Å². The lowest BCUT2D eigenvalue weighted by molar-refractivity contribution is -0.147. The van der Waals surface area contributed by atoms with Crippen LogP contribution in [0.1, 0.15) is 20.3 Å². The molecule has 0 fully saturated rings. The van der Waals surface area contributed by atoms with Gasteiger partial charge in [-0.3, -0.25) is 4.79 Å². The van der Waals surface area contributed by atoms with Gasteiger partial charge in [0.2, 0.25) is 0 Å². The molecular weight excluding hydrogens is 279 g/mol. The zero-order valence-electron chi connectivity index (χ0n) is 12.2. The largest absolute Gasteiger partial charge is 0.494 e.